The van der Waals surface area contributed by atoms with E-state index in [0.717, 1.165) is 11.8 Å². The van der Waals surface area contributed by atoms with E-state index in [-0.39, 0.29) is 17.6 Å². The standard InChI is InChI=1S/C13H10O4/c14-5-1-2-9-3-4-12-11(6-9)13(16)10(7-15)8-17-12/h1-4,6-8,14H,5H2. The molecule has 0 saturated heterocycles. The molecule has 0 atom stereocenters. The third kappa shape index (κ3) is 2.16. The molecule has 2 aromatic rings. The molecule has 0 aliphatic carbocycles. The maximum atomic E-state index is 11.8. The molecule has 0 spiro atoms. The number of aliphatic hydroxyl groups excluding tert-OH is 1. The van der Waals surface area contributed by atoms with Crippen molar-refractivity contribution in [1.82, 2.24) is 0 Å². The highest BCUT2D eigenvalue weighted by molar-refractivity contribution is 5.85. The maximum absolute atomic E-state index is 11.8. The average molecular weight is 230 g/mol. The first-order valence-electron chi connectivity index (χ1n) is 5.04. The van der Waals surface area contributed by atoms with Crippen molar-refractivity contribution >= 4 is 23.3 Å². The van der Waals surface area contributed by atoms with Crippen LogP contribution >= 0.6 is 0 Å². The van der Waals surface area contributed by atoms with Gasteiger partial charge in [0.1, 0.15) is 11.8 Å². The van der Waals surface area contributed by atoms with Gasteiger partial charge in [0.05, 0.1) is 17.6 Å². The lowest BCUT2D eigenvalue weighted by molar-refractivity contribution is 0.112. The van der Waals surface area contributed by atoms with E-state index in [1.807, 2.05) is 0 Å². The fourth-order valence-electron chi connectivity index (χ4n) is 1.54. The quantitative estimate of drug-likeness (QED) is 0.813. The van der Waals surface area contributed by atoms with Crippen molar-refractivity contribution in [2.75, 3.05) is 6.61 Å². The summed E-state index contributed by atoms with van der Waals surface area (Å²) in [6.07, 6.45) is 4.88. The Morgan fingerprint density at radius 1 is 1.35 bits per heavy atom. The van der Waals surface area contributed by atoms with Crippen molar-refractivity contribution in [2.24, 2.45) is 0 Å². The first kappa shape index (κ1) is 11.3. The second-order valence-electron chi connectivity index (χ2n) is 3.48. The molecule has 4 heteroatoms. The average Bonchev–Trinajstić information content (AvgIpc) is 2.37. The summed E-state index contributed by atoms with van der Waals surface area (Å²) in [6.45, 7) is -0.0684. The van der Waals surface area contributed by atoms with Crippen molar-refractivity contribution in [3.05, 3.63) is 51.9 Å². The summed E-state index contributed by atoms with van der Waals surface area (Å²) in [5, 5.41) is 9.02. The molecule has 17 heavy (non-hydrogen) atoms. The van der Waals surface area contributed by atoms with E-state index in [4.69, 9.17) is 9.52 Å². The van der Waals surface area contributed by atoms with Gasteiger partial charge in [-0.25, -0.2) is 0 Å². The lowest BCUT2D eigenvalue weighted by Gasteiger charge is -1.99. The summed E-state index contributed by atoms with van der Waals surface area (Å²) in [5.74, 6) is 0. The van der Waals surface area contributed by atoms with Gasteiger partial charge in [-0.05, 0) is 17.7 Å². The summed E-state index contributed by atoms with van der Waals surface area (Å²) in [4.78, 5) is 22.4. The molecule has 1 aromatic heterocycles. The Labute approximate surface area is 96.8 Å². The number of carbonyl (C=O) groups is 1. The predicted molar refractivity (Wildman–Crippen MR) is 64.0 cm³/mol. The summed E-state index contributed by atoms with van der Waals surface area (Å²) in [7, 11) is 0. The van der Waals surface area contributed by atoms with Gasteiger partial charge in [-0.2, -0.15) is 0 Å². The Bertz CT molecular complexity index is 637. The van der Waals surface area contributed by atoms with E-state index in [0.29, 0.717) is 17.3 Å². The SMILES string of the molecule is O=Cc1coc2ccc(C=CCO)cc2c1=O. The predicted octanol–water partition coefficient (Wildman–Crippen LogP) is 1.61. The fourth-order valence-corrected chi connectivity index (χ4v) is 1.54. The second kappa shape index (κ2) is 4.76. The van der Waals surface area contributed by atoms with E-state index in [2.05, 4.69) is 0 Å². The van der Waals surface area contributed by atoms with Crippen molar-refractivity contribution in [3.8, 4) is 0 Å². The van der Waals surface area contributed by atoms with Crippen LogP contribution in [0, 0.1) is 0 Å². The maximum Gasteiger partial charge on any atom is 0.203 e. The largest absolute Gasteiger partial charge is 0.463 e. The number of hydrogen-bond acceptors (Lipinski definition) is 4. The lowest BCUT2D eigenvalue weighted by Crippen LogP contribution is -2.07. The van der Waals surface area contributed by atoms with Crippen molar-refractivity contribution in [1.29, 1.82) is 0 Å². The molecule has 0 fully saturated rings. The van der Waals surface area contributed by atoms with Crippen LogP contribution in [0.1, 0.15) is 15.9 Å². The number of fused-ring (bicyclic) bond motifs is 1. The van der Waals surface area contributed by atoms with Gasteiger partial charge in [-0.1, -0.05) is 18.2 Å². The van der Waals surface area contributed by atoms with Gasteiger partial charge in [0.2, 0.25) is 5.43 Å². The van der Waals surface area contributed by atoms with E-state index in [1.165, 1.54) is 0 Å². The smallest absolute Gasteiger partial charge is 0.203 e. The zero-order chi connectivity index (χ0) is 12.3. The van der Waals surface area contributed by atoms with E-state index >= 15 is 0 Å². The molecule has 0 aliphatic rings. The summed E-state index contributed by atoms with van der Waals surface area (Å²) >= 11 is 0. The number of carbonyl (C=O) groups excluding carboxylic acids is 1. The Morgan fingerprint density at radius 3 is 2.88 bits per heavy atom. The molecule has 4 nitrogen and oxygen atoms in total. The number of benzene rings is 1. The summed E-state index contributed by atoms with van der Waals surface area (Å²) in [6, 6.07) is 5.04. The van der Waals surface area contributed by atoms with Crippen LogP contribution in [0.25, 0.3) is 17.0 Å². The highest BCUT2D eigenvalue weighted by Crippen LogP contribution is 2.14. The Kier molecular flexibility index (Phi) is 3.16. The Balaban J connectivity index is 2.66. The van der Waals surface area contributed by atoms with E-state index in [9.17, 15) is 9.59 Å². The van der Waals surface area contributed by atoms with Gasteiger partial charge in [0.25, 0.3) is 0 Å². The fraction of sp³-hybridized carbons (Fsp3) is 0.0769. The third-order valence-corrected chi connectivity index (χ3v) is 2.37. The van der Waals surface area contributed by atoms with E-state index in [1.54, 1.807) is 30.4 Å². The molecule has 0 aliphatic heterocycles. The summed E-state index contributed by atoms with van der Waals surface area (Å²) in [5.41, 5.74) is 0.852. The normalized spacial score (nSPS) is 11.1. The highest BCUT2D eigenvalue weighted by atomic mass is 16.3. The zero-order valence-electron chi connectivity index (χ0n) is 8.92. The Hall–Kier alpha value is -2.20. The van der Waals surface area contributed by atoms with Crippen LogP contribution in [0.3, 0.4) is 0 Å². The van der Waals surface area contributed by atoms with Gasteiger partial charge < -0.3 is 9.52 Å². The molecule has 86 valence electrons. The van der Waals surface area contributed by atoms with Crippen LogP contribution in [0.5, 0.6) is 0 Å². The van der Waals surface area contributed by atoms with Crippen molar-refractivity contribution < 1.29 is 14.3 Å². The van der Waals surface area contributed by atoms with Gasteiger partial charge >= 0.3 is 0 Å². The summed E-state index contributed by atoms with van der Waals surface area (Å²) < 4.78 is 5.17. The minimum absolute atomic E-state index is 0.000729. The lowest BCUT2D eigenvalue weighted by atomic mass is 10.1. The molecule has 1 N–H and O–H groups in total. The molecule has 0 radical (unpaired) electrons. The monoisotopic (exact) mass is 230 g/mol. The second-order valence-corrected chi connectivity index (χ2v) is 3.48. The van der Waals surface area contributed by atoms with Crippen molar-refractivity contribution in [2.45, 2.75) is 0 Å². The van der Waals surface area contributed by atoms with Crippen LogP contribution in [-0.4, -0.2) is 18.0 Å². The molecule has 1 aromatic carbocycles. The molecular formula is C13H10O4. The first-order valence-corrected chi connectivity index (χ1v) is 5.04. The van der Waals surface area contributed by atoms with E-state index < -0.39 is 0 Å². The van der Waals surface area contributed by atoms with Crippen LogP contribution in [0.2, 0.25) is 0 Å². The van der Waals surface area contributed by atoms with Crippen LogP contribution in [-0.2, 0) is 0 Å². The topological polar surface area (TPSA) is 67.5 Å². The molecule has 0 bridgehead atoms. The van der Waals surface area contributed by atoms with Gasteiger partial charge in [-0.15, -0.1) is 0 Å². The molecule has 0 saturated carbocycles. The van der Waals surface area contributed by atoms with Gasteiger partial charge in [0, 0.05) is 0 Å². The van der Waals surface area contributed by atoms with Crippen molar-refractivity contribution in [3.63, 3.8) is 0 Å². The van der Waals surface area contributed by atoms with Crippen LogP contribution in [0.15, 0.2) is 39.7 Å². The molecule has 0 unspecified atom stereocenters. The first-order chi connectivity index (χ1) is 8.26. The van der Waals surface area contributed by atoms with Crippen LogP contribution in [0.4, 0.5) is 0 Å². The molecule has 0 amide bonds. The minimum Gasteiger partial charge on any atom is -0.463 e. The molecule has 2 rings (SSSR count). The number of hydrogen-bond donors (Lipinski definition) is 1. The highest BCUT2D eigenvalue weighted by Gasteiger charge is 2.05. The molecular weight excluding hydrogens is 220 g/mol. The van der Waals surface area contributed by atoms with Gasteiger partial charge in [-0.3, -0.25) is 9.59 Å². The number of aliphatic hydroxyl groups is 1. The number of aldehydes is 1. The minimum atomic E-state index is -0.347. The van der Waals surface area contributed by atoms with Crippen LogP contribution < -0.4 is 5.43 Å². The van der Waals surface area contributed by atoms with Gasteiger partial charge in [0.15, 0.2) is 6.29 Å². The zero-order valence-corrected chi connectivity index (χ0v) is 8.92. The third-order valence-electron chi connectivity index (χ3n) is 2.37. The Morgan fingerprint density at radius 2 is 2.18 bits per heavy atom. The number of rotatable bonds is 3. The molecule has 1 heterocycles.